The van der Waals surface area contributed by atoms with Crippen molar-refractivity contribution in [2.75, 3.05) is 12.3 Å². The monoisotopic (exact) mass is 358 g/mol. The van der Waals surface area contributed by atoms with Crippen LogP contribution in [0.5, 0.6) is 0 Å². The van der Waals surface area contributed by atoms with Gasteiger partial charge in [-0.3, -0.25) is 4.79 Å². The van der Waals surface area contributed by atoms with Gasteiger partial charge in [0.2, 0.25) is 5.91 Å². The standard InChI is InChI=1S/C19H26N4OS/c1-19(8-5-9-25-19)13-21-18(24)17(20)10-16-12-23(14-22-16)11-15-6-3-2-4-7-15/h2-4,6-7,12,14,17H,5,8-11,13,20H2,1H3,(H,21,24)/t17-,19?/m0/s1. The molecule has 2 atom stereocenters. The van der Waals surface area contributed by atoms with E-state index in [0.717, 1.165) is 18.7 Å². The number of hydrogen-bond acceptors (Lipinski definition) is 4. The van der Waals surface area contributed by atoms with Gasteiger partial charge in [0, 0.05) is 30.5 Å². The van der Waals surface area contributed by atoms with E-state index < -0.39 is 6.04 Å². The third kappa shape index (κ3) is 5.09. The first-order chi connectivity index (χ1) is 12.0. The fourth-order valence-electron chi connectivity index (χ4n) is 3.09. The SMILES string of the molecule is CC1(CNC(=O)[C@@H](N)Cc2cn(Cc3ccccc3)cn2)CCCS1. The smallest absolute Gasteiger partial charge is 0.237 e. The van der Waals surface area contributed by atoms with Gasteiger partial charge in [-0.15, -0.1) is 0 Å². The topological polar surface area (TPSA) is 72.9 Å². The predicted molar refractivity (Wildman–Crippen MR) is 103 cm³/mol. The van der Waals surface area contributed by atoms with E-state index in [-0.39, 0.29) is 10.7 Å². The normalized spacial score (nSPS) is 21.2. The summed E-state index contributed by atoms with van der Waals surface area (Å²) in [5, 5.41) is 3.01. The van der Waals surface area contributed by atoms with Gasteiger partial charge in [0.05, 0.1) is 18.1 Å². The van der Waals surface area contributed by atoms with Crippen LogP contribution in [0.4, 0.5) is 0 Å². The van der Waals surface area contributed by atoms with Crippen LogP contribution in [0.15, 0.2) is 42.9 Å². The van der Waals surface area contributed by atoms with Crippen LogP contribution in [-0.2, 0) is 17.8 Å². The molecule has 1 unspecified atom stereocenters. The summed E-state index contributed by atoms with van der Waals surface area (Å²) in [7, 11) is 0. The first-order valence-electron chi connectivity index (χ1n) is 8.76. The maximum Gasteiger partial charge on any atom is 0.237 e. The van der Waals surface area contributed by atoms with Crippen molar-refractivity contribution >= 4 is 17.7 Å². The van der Waals surface area contributed by atoms with E-state index in [9.17, 15) is 4.79 Å². The number of carbonyl (C=O) groups is 1. The zero-order valence-corrected chi connectivity index (χ0v) is 15.5. The van der Waals surface area contributed by atoms with Gasteiger partial charge in [-0.25, -0.2) is 4.98 Å². The Morgan fingerprint density at radius 3 is 2.96 bits per heavy atom. The lowest BCUT2D eigenvalue weighted by Gasteiger charge is -2.23. The van der Waals surface area contributed by atoms with Crippen molar-refractivity contribution in [2.45, 2.75) is 43.5 Å². The summed E-state index contributed by atoms with van der Waals surface area (Å²) in [5.74, 6) is 1.09. The molecule has 134 valence electrons. The van der Waals surface area contributed by atoms with E-state index in [1.165, 1.54) is 17.7 Å². The average molecular weight is 359 g/mol. The molecule has 1 aromatic carbocycles. The van der Waals surface area contributed by atoms with Crippen LogP contribution in [0.2, 0.25) is 0 Å². The lowest BCUT2D eigenvalue weighted by molar-refractivity contribution is -0.122. The molecule has 2 heterocycles. The molecule has 1 fully saturated rings. The van der Waals surface area contributed by atoms with Gasteiger partial charge in [0.25, 0.3) is 0 Å². The lowest BCUT2D eigenvalue weighted by atomic mass is 10.1. The van der Waals surface area contributed by atoms with Crippen molar-refractivity contribution in [1.82, 2.24) is 14.9 Å². The molecule has 1 aliphatic heterocycles. The Kier molecular flexibility index (Phi) is 5.81. The number of benzene rings is 1. The second-order valence-corrected chi connectivity index (χ2v) is 8.64. The van der Waals surface area contributed by atoms with E-state index >= 15 is 0 Å². The van der Waals surface area contributed by atoms with Gasteiger partial charge in [0.15, 0.2) is 0 Å². The molecule has 1 saturated heterocycles. The third-order valence-electron chi connectivity index (χ3n) is 4.60. The molecule has 1 amide bonds. The van der Waals surface area contributed by atoms with E-state index in [2.05, 4.69) is 29.4 Å². The first-order valence-corrected chi connectivity index (χ1v) is 9.74. The van der Waals surface area contributed by atoms with Gasteiger partial charge in [-0.1, -0.05) is 30.3 Å². The highest BCUT2D eigenvalue weighted by Gasteiger charge is 2.30. The van der Waals surface area contributed by atoms with Gasteiger partial charge in [-0.2, -0.15) is 11.8 Å². The van der Waals surface area contributed by atoms with E-state index in [4.69, 9.17) is 5.73 Å². The van der Waals surface area contributed by atoms with Crippen LogP contribution in [0.1, 0.15) is 31.0 Å². The number of nitrogens with zero attached hydrogens (tertiary/aromatic N) is 2. The molecule has 5 nitrogen and oxygen atoms in total. The summed E-state index contributed by atoms with van der Waals surface area (Å²) in [6.45, 7) is 3.67. The Hall–Kier alpha value is -1.79. The Morgan fingerprint density at radius 2 is 2.24 bits per heavy atom. The molecule has 25 heavy (non-hydrogen) atoms. The van der Waals surface area contributed by atoms with Crippen LogP contribution in [0.3, 0.4) is 0 Å². The molecule has 3 rings (SSSR count). The summed E-state index contributed by atoms with van der Waals surface area (Å²) in [4.78, 5) is 16.6. The van der Waals surface area contributed by atoms with Crippen molar-refractivity contribution in [2.24, 2.45) is 5.73 Å². The Morgan fingerprint density at radius 1 is 1.44 bits per heavy atom. The highest BCUT2D eigenvalue weighted by Crippen LogP contribution is 2.36. The molecule has 2 aromatic rings. The van der Waals surface area contributed by atoms with E-state index in [0.29, 0.717) is 13.0 Å². The number of nitrogens with two attached hydrogens (primary N) is 1. The number of imidazole rings is 1. The first kappa shape index (κ1) is 18.0. The fourth-order valence-corrected chi connectivity index (χ4v) is 4.34. The molecule has 0 bridgehead atoms. The van der Waals surface area contributed by atoms with Crippen LogP contribution < -0.4 is 11.1 Å². The Labute approximate surface area is 153 Å². The maximum atomic E-state index is 12.3. The zero-order chi connectivity index (χ0) is 17.7. The number of aromatic nitrogens is 2. The van der Waals surface area contributed by atoms with Crippen molar-refractivity contribution < 1.29 is 4.79 Å². The number of rotatable bonds is 7. The number of carbonyl (C=O) groups excluding carboxylic acids is 1. The van der Waals surface area contributed by atoms with Gasteiger partial charge < -0.3 is 15.6 Å². The Balaban J connectivity index is 1.49. The summed E-state index contributed by atoms with van der Waals surface area (Å²) in [6.07, 6.45) is 6.59. The van der Waals surface area contributed by atoms with Crippen molar-refractivity contribution in [3.63, 3.8) is 0 Å². The number of amides is 1. The summed E-state index contributed by atoms with van der Waals surface area (Å²) >= 11 is 1.94. The highest BCUT2D eigenvalue weighted by atomic mass is 32.2. The predicted octanol–water partition coefficient (Wildman–Crippen LogP) is 2.20. The van der Waals surface area contributed by atoms with Crippen LogP contribution >= 0.6 is 11.8 Å². The van der Waals surface area contributed by atoms with Crippen molar-refractivity contribution in [3.8, 4) is 0 Å². The van der Waals surface area contributed by atoms with Crippen LogP contribution in [-0.4, -0.2) is 38.5 Å². The van der Waals surface area contributed by atoms with Gasteiger partial charge >= 0.3 is 0 Å². The molecular weight excluding hydrogens is 332 g/mol. The summed E-state index contributed by atoms with van der Waals surface area (Å²) < 4.78 is 2.18. The zero-order valence-electron chi connectivity index (χ0n) is 14.6. The van der Waals surface area contributed by atoms with Crippen molar-refractivity contribution in [1.29, 1.82) is 0 Å². The molecule has 3 N–H and O–H groups in total. The minimum Gasteiger partial charge on any atom is -0.353 e. The molecule has 6 heteroatoms. The lowest BCUT2D eigenvalue weighted by Crippen LogP contribution is -2.46. The summed E-state index contributed by atoms with van der Waals surface area (Å²) in [5.41, 5.74) is 8.14. The highest BCUT2D eigenvalue weighted by molar-refractivity contribution is 8.00. The second kappa shape index (κ2) is 8.06. The minimum atomic E-state index is -0.560. The number of nitrogens with one attached hydrogen (secondary N) is 1. The number of thioether (sulfide) groups is 1. The molecule has 0 spiro atoms. The molecule has 1 aromatic heterocycles. The number of hydrogen-bond donors (Lipinski definition) is 2. The van der Waals surface area contributed by atoms with E-state index in [1.54, 1.807) is 6.33 Å². The largest absolute Gasteiger partial charge is 0.353 e. The van der Waals surface area contributed by atoms with Crippen LogP contribution in [0, 0.1) is 0 Å². The second-order valence-electron chi connectivity index (χ2n) is 6.95. The quantitative estimate of drug-likeness (QED) is 0.796. The van der Waals surface area contributed by atoms with Gasteiger partial charge in [-0.05, 0) is 31.1 Å². The minimum absolute atomic E-state index is 0.0914. The fraction of sp³-hybridized carbons (Fsp3) is 0.474. The van der Waals surface area contributed by atoms with Gasteiger partial charge in [0.1, 0.15) is 0 Å². The summed E-state index contributed by atoms with van der Waals surface area (Å²) in [6, 6.07) is 9.66. The van der Waals surface area contributed by atoms with Crippen LogP contribution in [0.25, 0.3) is 0 Å². The Bertz CT molecular complexity index is 694. The van der Waals surface area contributed by atoms with Crippen molar-refractivity contribution in [3.05, 3.63) is 54.1 Å². The van der Waals surface area contributed by atoms with E-state index in [1.807, 2.05) is 40.7 Å². The molecule has 0 saturated carbocycles. The maximum absolute atomic E-state index is 12.3. The molecule has 0 radical (unpaired) electrons. The molecule has 0 aliphatic carbocycles. The third-order valence-corrected chi connectivity index (χ3v) is 6.14. The molecular formula is C19H26N4OS. The molecule has 1 aliphatic rings. The average Bonchev–Trinajstić information content (AvgIpc) is 3.23.